The second-order valence-corrected chi connectivity index (χ2v) is 3.86. The Labute approximate surface area is 104 Å². The third-order valence-corrected chi connectivity index (χ3v) is 2.32. The number of benzene rings is 1. The summed E-state index contributed by atoms with van der Waals surface area (Å²) in [5.74, 6) is -1.42. The van der Waals surface area contributed by atoms with E-state index in [1.165, 1.54) is 6.07 Å². The van der Waals surface area contributed by atoms with E-state index in [2.05, 4.69) is 31.9 Å². The van der Waals surface area contributed by atoms with Gasteiger partial charge in [-0.15, -0.1) is 0 Å². The molecule has 0 saturated carbocycles. The predicted octanol–water partition coefficient (Wildman–Crippen LogP) is 1.97. The van der Waals surface area contributed by atoms with Crippen LogP contribution in [0.2, 0.25) is 0 Å². The summed E-state index contributed by atoms with van der Waals surface area (Å²) >= 11 is 6.13. The number of phenols is 1. The van der Waals surface area contributed by atoms with Crippen molar-refractivity contribution in [2.24, 2.45) is 0 Å². The Morgan fingerprint density at radius 1 is 1.31 bits per heavy atom. The average Bonchev–Trinajstić information content (AvgIpc) is 1.96. The molecule has 0 saturated heterocycles. The number of aromatic carboxylic acids is 1. The summed E-state index contributed by atoms with van der Waals surface area (Å²) in [7, 11) is 0. The molecule has 0 aliphatic carbocycles. The third-order valence-electron chi connectivity index (χ3n) is 1.26. The van der Waals surface area contributed by atoms with E-state index in [1.54, 1.807) is 6.07 Å². The predicted molar refractivity (Wildman–Crippen MR) is 57.6 cm³/mol. The molecule has 66 valence electrons. The van der Waals surface area contributed by atoms with Gasteiger partial charge in [-0.2, -0.15) is 0 Å². The molecule has 0 heterocycles. The van der Waals surface area contributed by atoms with Crippen LogP contribution in [-0.4, -0.2) is 35.0 Å². The summed E-state index contributed by atoms with van der Waals surface area (Å²) in [6, 6.07) is 2.91. The summed E-state index contributed by atoms with van der Waals surface area (Å²) in [5.41, 5.74) is -0.128. The monoisotopic (exact) mass is 302 g/mol. The first-order valence-corrected chi connectivity index (χ1v) is 4.52. The third kappa shape index (κ3) is 3.03. The zero-order chi connectivity index (χ0) is 9.30. The first-order chi connectivity index (χ1) is 5.52. The molecule has 1 aromatic carbocycles. The number of rotatable bonds is 1. The second-order valence-electron chi connectivity index (χ2n) is 2.09. The number of carboxylic acids is 1. The normalized spacial score (nSPS) is 9.08. The Hall–Kier alpha value is 0.0474. The van der Waals surface area contributed by atoms with Crippen molar-refractivity contribution in [1.82, 2.24) is 0 Å². The van der Waals surface area contributed by atoms with Crippen LogP contribution in [-0.2, 0) is 0 Å². The van der Waals surface area contributed by atoms with Crippen molar-refractivity contribution in [1.29, 1.82) is 0 Å². The van der Waals surface area contributed by atoms with Gasteiger partial charge in [0.15, 0.2) is 0 Å². The molecule has 0 aliphatic heterocycles. The van der Waals surface area contributed by atoms with Gasteiger partial charge in [-0.25, -0.2) is 4.79 Å². The molecule has 1 rings (SSSR count). The molecule has 0 radical (unpaired) electrons. The van der Waals surface area contributed by atoms with Crippen molar-refractivity contribution in [3.8, 4) is 5.75 Å². The fourth-order valence-corrected chi connectivity index (χ4v) is 1.95. The molecule has 0 aliphatic rings. The van der Waals surface area contributed by atoms with Crippen molar-refractivity contribution in [2.75, 3.05) is 0 Å². The Kier molecular flexibility index (Phi) is 5.08. The topological polar surface area (TPSA) is 57.5 Å². The van der Waals surface area contributed by atoms with Crippen LogP contribution >= 0.6 is 31.9 Å². The minimum absolute atomic E-state index is 0. The van der Waals surface area contributed by atoms with Gasteiger partial charge >= 0.3 is 24.8 Å². The summed E-state index contributed by atoms with van der Waals surface area (Å²) < 4.78 is 0.957. The first kappa shape index (κ1) is 13.0. The van der Waals surface area contributed by atoms with Crippen LogP contribution in [0.1, 0.15) is 10.4 Å². The van der Waals surface area contributed by atoms with Gasteiger partial charge in [-0.3, -0.25) is 0 Å². The van der Waals surface area contributed by atoms with Crippen molar-refractivity contribution in [3.63, 3.8) is 0 Å². The molecular weight excluding hydrogens is 299 g/mol. The number of carboxylic acid groups (broad SMARTS) is 1. The van der Waals surface area contributed by atoms with E-state index in [0.29, 0.717) is 8.95 Å². The maximum absolute atomic E-state index is 10.5. The number of hydrogen-bond donors (Lipinski definition) is 2. The van der Waals surface area contributed by atoms with Gasteiger partial charge in [0.25, 0.3) is 0 Å². The van der Waals surface area contributed by atoms with E-state index in [-0.39, 0.29) is 30.2 Å². The minimum atomic E-state index is -1.16. The van der Waals surface area contributed by atoms with E-state index in [0.717, 1.165) is 0 Å². The van der Waals surface area contributed by atoms with Crippen LogP contribution in [0, 0.1) is 0 Å². The average molecular weight is 304 g/mol. The molecule has 3 nitrogen and oxygen atoms in total. The molecule has 0 aromatic heterocycles. The Morgan fingerprint density at radius 2 is 1.85 bits per heavy atom. The van der Waals surface area contributed by atoms with E-state index >= 15 is 0 Å². The summed E-state index contributed by atoms with van der Waals surface area (Å²) in [5, 5.41) is 17.9. The maximum atomic E-state index is 10.5. The summed E-state index contributed by atoms with van der Waals surface area (Å²) in [6.45, 7) is 0. The van der Waals surface area contributed by atoms with Gasteiger partial charge in [-0.05, 0) is 28.1 Å². The molecule has 6 heteroatoms. The standard InChI is InChI=1S/C7H4Br2O3.Li.H/c8-3-1-4(7(11)12)6(10)5(9)2-3;;/h1-2,10H,(H,11,12);;. The number of carbonyl (C=O) groups is 1. The van der Waals surface area contributed by atoms with E-state index in [4.69, 9.17) is 5.11 Å². The van der Waals surface area contributed by atoms with Crippen LogP contribution in [0.25, 0.3) is 0 Å². The van der Waals surface area contributed by atoms with Crippen LogP contribution in [0.4, 0.5) is 0 Å². The molecule has 0 bridgehead atoms. The van der Waals surface area contributed by atoms with Crippen LogP contribution < -0.4 is 0 Å². The number of halogens is 2. The zero-order valence-corrected chi connectivity index (χ0v) is 8.89. The molecule has 0 atom stereocenters. The van der Waals surface area contributed by atoms with Gasteiger partial charge in [0.05, 0.1) is 4.47 Å². The van der Waals surface area contributed by atoms with Gasteiger partial charge < -0.3 is 10.2 Å². The quantitative estimate of drug-likeness (QED) is 0.780. The molecular formula is C7H5Br2LiO3. The van der Waals surface area contributed by atoms with E-state index in [9.17, 15) is 9.90 Å². The number of aromatic hydroxyl groups is 1. The van der Waals surface area contributed by atoms with Crippen molar-refractivity contribution in [2.45, 2.75) is 0 Å². The Morgan fingerprint density at radius 3 is 2.31 bits per heavy atom. The van der Waals surface area contributed by atoms with Crippen molar-refractivity contribution < 1.29 is 15.0 Å². The van der Waals surface area contributed by atoms with Gasteiger partial charge in [0, 0.05) is 4.47 Å². The summed E-state index contributed by atoms with van der Waals surface area (Å²) in [4.78, 5) is 10.5. The van der Waals surface area contributed by atoms with Gasteiger partial charge in [0.1, 0.15) is 11.3 Å². The molecule has 0 unspecified atom stereocenters. The van der Waals surface area contributed by atoms with Crippen molar-refractivity contribution >= 4 is 56.7 Å². The Bertz CT molecular complexity index is 341. The fourth-order valence-electron chi connectivity index (χ4n) is 0.729. The van der Waals surface area contributed by atoms with Crippen LogP contribution in [0.3, 0.4) is 0 Å². The van der Waals surface area contributed by atoms with E-state index in [1.807, 2.05) is 0 Å². The number of hydrogen-bond acceptors (Lipinski definition) is 2. The SMILES string of the molecule is O=C(O)c1cc(Br)cc(Br)c1O.[LiH]. The molecule has 1 aromatic rings. The van der Waals surface area contributed by atoms with Crippen LogP contribution in [0.5, 0.6) is 5.75 Å². The zero-order valence-electron chi connectivity index (χ0n) is 5.71. The van der Waals surface area contributed by atoms with Crippen LogP contribution in [0.15, 0.2) is 21.1 Å². The molecule has 13 heavy (non-hydrogen) atoms. The summed E-state index contributed by atoms with van der Waals surface area (Å²) in [6.07, 6.45) is 0. The molecule has 2 N–H and O–H groups in total. The van der Waals surface area contributed by atoms with Gasteiger partial charge in [0.2, 0.25) is 0 Å². The molecule has 0 spiro atoms. The second kappa shape index (κ2) is 5.06. The van der Waals surface area contributed by atoms with Gasteiger partial charge in [-0.1, -0.05) is 15.9 Å². The van der Waals surface area contributed by atoms with E-state index < -0.39 is 5.97 Å². The Balaban J connectivity index is 0.00000144. The first-order valence-electron chi connectivity index (χ1n) is 2.93. The molecule has 0 fully saturated rings. The fraction of sp³-hybridized carbons (Fsp3) is 0. The molecule has 0 amide bonds. The van der Waals surface area contributed by atoms with Crippen molar-refractivity contribution in [3.05, 3.63) is 26.6 Å².